The molecule has 0 aliphatic carbocycles. The van der Waals surface area contributed by atoms with Crippen molar-refractivity contribution in [1.29, 1.82) is 0 Å². The highest BCUT2D eigenvalue weighted by atomic mass is 35.5. The Hall–Kier alpha value is -3.78. The fraction of sp³-hybridized carbons (Fsp3) is 0.208. The molecule has 0 saturated carbocycles. The molecule has 1 saturated heterocycles. The Kier molecular flexibility index (Phi) is 5.75. The highest BCUT2D eigenvalue weighted by molar-refractivity contribution is 6.30. The van der Waals surface area contributed by atoms with Crippen molar-refractivity contribution < 1.29 is 9.53 Å². The van der Waals surface area contributed by atoms with Gasteiger partial charge in [-0.25, -0.2) is 4.98 Å². The number of carbonyl (C=O) groups is 1. The number of pyridine rings is 1. The van der Waals surface area contributed by atoms with E-state index in [-0.39, 0.29) is 11.9 Å². The first-order chi connectivity index (χ1) is 16.1. The molecule has 1 atom stereocenters. The lowest BCUT2D eigenvalue weighted by Gasteiger charge is -2.24. The fourth-order valence-electron chi connectivity index (χ4n) is 3.92. The topological polar surface area (TPSA) is 86.0 Å². The van der Waals surface area contributed by atoms with Crippen molar-refractivity contribution in [2.24, 2.45) is 7.05 Å². The SMILES string of the molecule is Cn1cc(-c2ccc(C(=O)N3CCC[C@@H]3c3cncc(Oc4ccc(Cl)cc4)n3)cn2)cn1. The molecule has 9 heteroatoms. The summed E-state index contributed by atoms with van der Waals surface area (Å²) in [6.07, 6.45) is 10.2. The molecule has 1 amide bonds. The maximum atomic E-state index is 13.3. The number of likely N-dealkylation sites (tertiary alicyclic amines) is 1. The van der Waals surface area contributed by atoms with Crippen molar-refractivity contribution in [3.8, 4) is 22.9 Å². The number of aromatic nitrogens is 5. The Morgan fingerprint density at radius 1 is 1.09 bits per heavy atom. The molecule has 1 aliphatic rings. The smallest absolute Gasteiger partial charge is 0.255 e. The van der Waals surface area contributed by atoms with Crippen molar-refractivity contribution >= 4 is 17.5 Å². The number of carbonyl (C=O) groups excluding carboxylic acids is 1. The van der Waals surface area contributed by atoms with Crippen LogP contribution < -0.4 is 4.74 Å². The number of halogens is 1. The fourth-order valence-corrected chi connectivity index (χ4v) is 4.05. The molecule has 0 spiro atoms. The standard InChI is InChI=1S/C24H21ClN6O2/c1-30-15-17(12-28-30)20-9-4-16(11-27-20)24(32)31-10-2-3-22(31)21-13-26-14-23(29-21)33-19-7-5-18(25)6-8-19/h4-9,11-15,22H,2-3,10H2,1H3/t22-/m1/s1. The molecular weight excluding hydrogens is 440 g/mol. The van der Waals surface area contributed by atoms with E-state index in [0.29, 0.717) is 34.5 Å². The van der Waals surface area contributed by atoms with Gasteiger partial charge in [-0.1, -0.05) is 11.6 Å². The van der Waals surface area contributed by atoms with Crippen LogP contribution in [0.5, 0.6) is 11.6 Å². The molecule has 1 aromatic carbocycles. The van der Waals surface area contributed by atoms with E-state index in [2.05, 4.69) is 20.1 Å². The Morgan fingerprint density at radius 3 is 2.67 bits per heavy atom. The van der Waals surface area contributed by atoms with Crippen LogP contribution in [0, 0.1) is 0 Å². The van der Waals surface area contributed by atoms with E-state index in [9.17, 15) is 4.79 Å². The maximum absolute atomic E-state index is 13.3. The average molecular weight is 461 g/mol. The van der Waals surface area contributed by atoms with Crippen LogP contribution in [-0.2, 0) is 7.05 Å². The molecule has 4 aromatic rings. The third-order valence-corrected chi connectivity index (χ3v) is 5.79. The van der Waals surface area contributed by atoms with Gasteiger partial charge in [-0.05, 0) is 49.2 Å². The summed E-state index contributed by atoms with van der Waals surface area (Å²) < 4.78 is 7.54. The lowest BCUT2D eigenvalue weighted by Crippen LogP contribution is -2.31. The molecule has 33 heavy (non-hydrogen) atoms. The van der Waals surface area contributed by atoms with Crippen LogP contribution in [0.3, 0.4) is 0 Å². The lowest BCUT2D eigenvalue weighted by atomic mass is 10.1. The van der Waals surface area contributed by atoms with Crippen molar-refractivity contribution in [1.82, 2.24) is 29.6 Å². The predicted molar refractivity (Wildman–Crippen MR) is 123 cm³/mol. The van der Waals surface area contributed by atoms with Gasteiger partial charge < -0.3 is 9.64 Å². The van der Waals surface area contributed by atoms with Gasteiger partial charge in [0, 0.05) is 36.6 Å². The number of rotatable bonds is 5. The number of benzene rings is 1. The van der Waals surface area contributed by atoms with Gasteiger partial charge in [0.15, 0.2) is 0 Å². The van der Waals surface area contributed by atoms with Crippen LogP contribution in [0.4, 0.5) is 0 Å². The Morgan fingerprint density at radius 2 is 1.94 bits per heavy atom. The molecule has 5 rings (SSSR count). The first-order valence-corrected chi connectivity index (χ1v) is 11.0. The summed E-state index contributed by atoms with van der Waals surface area (Å²) >= 11 is 5.93. The van der Waals surface area contributed by atoms with Crippen LogP contribution >= 0.6 is 11.6 Å². The van der Waals surface area contributed by atoms with E-state index >= 15 is 0 Å². The van der Waals surface area contributed by atoms with Gasteiger partial charge in [-0.15, -0.1) is 0 Å². The van der Waals surface area contributed by atoms with Gasteiger partial charge in [-0.2, -0.15) is 5.10 Å². The van der Waals surface area contributed by atoms with Crippen LogP contribution in [0.2, 0.25) is 5.02 Å². The van der Waals surface area contributed by atoms with Crippen LogP contribution in [0.25, 0.3) is 11.3 Å². The highest BCUT2D eigenvalue weighted by Gasteiger charge is 2.32. The van der Waals surface area contributed by atoms with E-state index in [1.54, 1.807) is 59.8 Å². The summed E-state index contributed by atoms with van der Waals surface area (Å²) in [5.74, 6) is 0.912. The molecule has 3 aromatic heterocycles. The zero-order chi connectivity index (χ0) is 22.8. The number of hydrogen-bond acceptors (Lipinski definition) is 6. The third-order valence-electron chi connectivity index (χ3n) is 5.53. The molecule has 0 bridgehead atoms. The molecule has 0 N–H and O–H groups in total. The number of hydrogen-bond donors (Lipinski definition) is 0. The van der Waals surface area contributed by atoms with Gasteiger partial charge in [0.1, 0.15) is 5.75 Å². The largest absolute Gasteiger partial charge is 0.437 e. The number of aryl methyl sites for hydroxylation is 1. The summed E-state index contributed by atoms with van der Waals surface area (Å²) in [5, 5.41) is 4.80. The van der Waals surface area contributed by atoms with E-state index in [1.165, 1.54) is 0 Å². The quantitative estimate of drug-likeness (QED) is 0.429. The summed E-state index contributed by atoms with van der Waals surface area (Å²) in [5.41, 5.74) is 2.92. The molecule has 1 fully saturated rings. The van der Waals surface area contributed by atoms with Gasteiger partial charge in [-0.3, -0.25) is 19.4 Å². The van der Waals surface area contributed by atoms with Gasteiger partial charge in [0.2, 0.25) is 5.88 Å². The molecule has 4 heterocycles. The second-order valence-electron chi connectivity index (χ2n) is 7.83. The normalized spacial score (nSPS) is 15.6. The second-order valence-corrected chi connectivity index (χ2v) is 8.27. The Balaban J connectivity index is 1.33. The second kappa shape index (κ2) is 8.99. The first-order valence-electron chi connectivity index (χ1n) is 10.6. The number of amides is 1. The third kappa shape index (κ3) is 4.56. The summed E-state index contributed by atoms with van der Waals surface area (Å²) in [6, 6.07) is 10.5. The highest BCUT2D eigenvalue weighted by Crippen LogP contribution is 2.33. The first kappa shape index (κ1) is 21.1. The van der Waals surface area contributed by atoms with Crippen molar-refractivity contribution in [3.63, 3.8) is 0 Å². The maximum Gasteiger partial charge on any atom is 0.255 e. The summed E-state index contributed by atoms with van der Waals surface area (Å²) in [7, 11) is 1.85. The molecular formula is C24H21ClN6O2. The minimum absolute atomic E-state index is 0.0754. The van der Waals surface area contributed by atoms with Crippen molar-refractivity contribution in [2.45, 2.75) is 18.9 Å². The molecule has 166 valence electrons. The van der Waals surface area contributed by atoms with E-state index in [4.69, 9.17) is 16.3 Å². The molecule has 0 unspecified atom stereocenters. The number of nitrogens with zero attached hydrogens (tertiary/aromatic N) is 6. The monoisotopic (exact) mass is 460 g/mol. The van der Waals surface area contributed by atoms with Gasteiger partial charge in [0.25, 0.3) is 5.91 Å². The van der Waals surface area contributed by atoms with E-state index in [0.717, 1.165) is 24.1 Å². The number of ether oxygens (including phenoxy) is 1. The minimum Gasteiger partial charge on any atom is -0.437 e. The Bertz CT molecular complexity index is 1270. The van der Waals surface area contributed by atoms with Crippen molar-refractivity contribution in [2.75, 3.05) is 6.54 Å². The molecule has 8 nitrogen and oxygen atoms in total. The van der Waals surface area contributed by atoms with E-state index < -0.39 is 0 Å². The summed E-state index contributed by atoms with van der Waals surface area (Å²) in [6.45, 7) is 0.651. The van der Waals surface area contributed by atoms with Gasteiger partial charge in [0.05, 0.1) is 41.6 Å². The van der Waals surface area contributed by atoms with E-state index in [1.807, 2.05) is 24.2 Å². The lowest BCUT2D eigenvalue weighted by molar-refractivity contribution is 0.0732. The average Bonchev–Trinajstić information content (AvgIpc) is 3.50. The van der Waals surface area contributed by atoms with Crippen molar-refractivity contribution in [3.05, 3.63) is 83.7 Å². The minimum atomic E-state index is -0.170. The van der Waals surface area contributed by atoms with Crippen LogP contribution in [0.1, 0.15) is 34.9 Å². The molecule has 1 aliphatic heterocycles. The van der Waals surface area contributed by atoms with Crippen LogP contribution in [0.15, 0.2) is 67.4 Å². The van der Waals surface area contributed by atoms with Gasteiger partial charge >= 0.3 is 0 Å². The zero-order valence-corrected chi connectivity index (χ0v) is 18.7. The predicted octanol–water partition coefficient (Wildman–Crippen LogP) is 4.70. The zero-order valence-electron chi connectivity index (χ0n) is 17.9. The Labute approximate surface area is 195 Å². The van der Waals surface area contributed by atoms with Crippen LogP contribution in [-0.4, -0.2) is 42.1 Å². The molecule has 0 radical (unpaired) electrons. The summed E-state index contributed by atoms with van der Waals surface area (Å²) in [4.78, 5) is 28.5.